The fourth-order valence-electron chi connectivity index (χ4n) is 2.93. The summed E-state index contributed by atoms with van der Waals surface area (Å²) in [5.41, 5.74) is 1.22. The molecule has 2 N–H and O–H groups in total. The van der Waals surface area contributed by atoms with Gasteiger partial charge in [0.1, 0.15) is 5.82 Å². The van der Waals surface area contributed by atoms with E-state index < -0.39 is 5.97 Å². The van der Waals surface area contributed by atoms with Gasteiger partial charge in [0, 0.05) is 23.7 Å². The van der Waals surface area contributed by atoms with E-state index in [0.717, 1.165) is 12.2 Å². The third-order valence-electron chi connectivity index (χ3n) is 4.12. The molecule has 0 aromatic carbocycles. The van der Waals surface area contributed by atoms with Crippen LogP contribution in [-0.4, -0.2) is 21.0 Å². The summed E-state index contributed by atoms with van der Waals surface area (Å²) in [6, 6.07) is 0. The molecular formula is C13H18N2O2. The van der Waals surface area contributed by atoms with Crippen LogP contribution in [0.1, 0.15) is 61.9 Å². The lowest BCUT2D eigenvalue weighted by Gasteiger charge is -2.19. The summed E-state index contributed by atoms with van der Waals surface area (Å²) < 4.78 is 0. The first-order valence-corrected chi connectivity index (χ1v) is 6.53. The van der Waals surface area contributed by atoms with Crippen molar-refractivity contribution in [3.8, 4) is 0 Å². The molecule has 2 unspecified atom stereocenters. The Morgan fingerprint density at radius 3 is 2.76 bits per heavy atom. The maximum absolute atomic E-state index is 10.8. The molecule has 0 radical (unpaired) electrons. The van der Waals surface area contributed by atoms with Crippen molar-refractivity contribution in [1.29, 1.82) is 0 Å². The monoisotopic (exact) mass is 234 g/mol. The molecule has 1 aromatic rings. The van der Waals surface area contributed by atoms with E-state index in [1.54, 1.807) is 0 Å². The van der Waals surface area contributed by atoms with E-state index in [9.17, 15) is 4.79 Å². The van der Waals surface area contributed by atoms with E-state index in [2.05, 4.69) is 9.97 Å². The van der Waals surface area contributed by atoms with Crippen molar-refractivity contribution in [2.45, 2.75) is 50.4 Å². The van der Waals surface area contributed by atoms with Crippen LogP contribution in [0.3, 0.4) is 0 Å². The largest absolute Gasteiger partial charge is 0.481 e. The topological polar surface area (TPSA) is 66.0 Å². The fraction of sp³-hybridized carbons (Fsp3) is 0.692. The van der Waals surface area contributed by atoms with E-state index in [4.69, 9.17) is 5.11 Å². The predicted octanol–water partition coefficient (Wildman–Crippen LogP) is 2.65. The number of nitrogens with zero attached hydrogens (tertiary/aromatic N) is 1. The Bertz CT molecular complexity index is 421. The van der Waals surface area contributed by atoms with Gasteiger partial charge in [-0.25, -0.2) is 4.98 Å². The number of imidazole rings is 1. The van der Waals surface area contributed by atoms with Crippen molar-refractivity contribution < 1.29 is 9.90 Å². The van der Waals surface area contributed by atoms with Crippen LogP contribution in [0.4, 0.5) is 0 Å². The first-order valence-electron chi connectivity index (χ1n) is 6.53. The van der Waals surface area contributed by atoms with Crippen LogP contribution >= 0.6 is 0 Å². The van der Waals surface area contributed by atoms with Gasteiger partial charge in [-0.05, 0) is 19.3 Å². The van der Waals surface area contributed by atoms with Gasteiger partial charge in [0.15, 0.2) is 0 Å². The number of H-pyrrole nitrogens is 1. The van der Waals surface area contributed by atoms with Gasteiger partial charge >= 0.3 is 5.97 Å². The van der Waals surface area contributed by atoms with E-state index >= 15 is 0 Å². The molecule has 2 atom stereocenters. The van der Waals surface area contributed by atoms with Crippen LogP contribution in [0.25, 0.3) is 0 Å². The molecule has 2 aliphatic rings. The standard InChI is InChI=1S/C13H18N2O2/c16-13(17)10-6-9(10)12-14-7-11(15-12)8-4-2-1-3-5-8/h7-10H,1-6H2,(H,14,15)(H,16,17). The molecule has 2 fully saturated rings. The van der Waals surface area contributed by atoms with Crippen molar-refractivity contribution in [3.05, 3.63) is 17.7 Å². The summed E-state index contributed by atoms with van der Waals surface area (Å²) in [6.07, 6.45) is 9.11. The Morgan fingerprint density at radius 2 is 2.12 bits per heavy atom. The maximum atomic E-state index is 10.8. The van der Waals surface area contributed by atoms with Crippen LogP contribution in [0.5, 0.6) is 0 Å². The quantitative estimate of drug-likeness (QED) is 0.845. The summed E-state index contributed by atoms with van der Waals surface area (Å²) in [6.45, 7) is 0. The van der Waals surface area contributed by atoms with Gasteiger partial charge in [0.2, 0.25) is 0 Å². The highest BCUT2D eigenvalue weighted by Crippen LogP contribution is 2.46. The smallest absolute Gasteiger partial charge is 0.307 e. The zero-order valence-electron chi connectivity index (χ0n) is 9.85. The number of carbonyl (C=O) groups is 1. The maximum Gasteiger partial charge on any atom is 0.307 e. The molecule has 2 aliphatic carbocycles. The Kier molecular flexibility index (Phi) is 2.65. The van der Waals surface area contributed by atoms with Crippen molar-refractivity contribution in [2.75, 3.05) is 0 Å². The van der Waals surface area contributed by atoms with Crippen LogP contribution < -0.4 is 0 Å². The van der Waals surface area contributed by atoms with E-state index in [1.165, 1.54) is 37.8 Å². The highest BCUT2D eigenvalue weighted by molar-refractivity contribution is 5.74. The molecule has 1 aromatic heterocycles. The van der Waals surface area contributed by atoms with Gasteiger partial charge in [0.05, 0.1) is 5.92 Å². The highest BCUT2D eigenvalue weighted by Gasteiger charge is 2.46. The van der Waals surface area contributed by atoms with Gasteiger partial charge in [-0.1, -0.05) is 19.3 Å². The number of carboxylic acid groups (broad SMARTS) is 1. The molecule has 0 amide bonds. The summed E-state index contributed by atoms with van der Waals surface area (Å²) in [7, 11) is 0. The molecule has 2 saturated carbocycles. The lowest BCUT2D eigenvalue weighted by Crippen LogP contribution is -2.05. The normalized spacial score (nSPS) is 29.2. The number of aliphatic carboxylic acids is 1. The summed E-state index contributed by atoms with van der Waals surface area (Å²) >= 11 is 0. The second kappa shape index (κ2) is 4.17. The number of rotatable bonds is 3. The van der Waals surface area contributed by atoms with E-state index in [0.29, 0.717) is 5.92 Å². The molecule has 4 heteroatoms. The Labute approximate surface area is 100 Å². The molecule has 0 bridgehead atoms. The summed E-state index contributed by atoms with van der Waals surface area (Å²) in [4.78, 5) is 18.5. The Balaban J connectivity index is 1.68. The Morgan fingerprint density at radius 1 is 1.35 bits per heavy atom. The average Bonchev–Trinajstić information content (AvgIpc) is 3.01. The lowest BCUT2D eigenvalue weighted by atomic mass is 9.87. The second-order valence-corrected chi connectivity index (χ2v) is 5.35. The molecule has 0 spiro atoms. The van der Waals surface area contributed by atoms with Crippen LogP contribution in [0, 0.1) is 5.92 Å². The third kappa shape index (κ3) is 2.08. The number of carboxylic acids is 1. The number of aromatic nitrogens is 2. The second-order valence-electron chi connectivity index (χ2n) is 5.35. The zero-order valence-corrected chi connectivity index (χ0v) is 9.85. The minimum Gasteiger partial charge on any atom is -0.481 e. The van der Waals surface area contributed by atoms with Gasteiger partial charge in [0.25, 0.3) is 0 Å². The van der Waals surface area contributed by atoms with Gasteiger partial charge in [-0.15, -0.1) is 0 Å². The van der Waals surface area contributed by atoms with Crippen molar-refractivity contribution in [3.63, 3.8) is 0 Å². The van der Waals surface area contributed by atoms with Crippen LogP contribution in [0.15, 0.2) is 6.20 Å². The van der Waals surface area contributed by atoms with Crippen molar-refractivity contribution in [2.24, 2.45) is 5.92 Å². The fourth-order valence-corrected chi connectivity index (χ4v) is 2.93. The molecule has 4 nitrogen and oxygen atoms in total. The number of hydrogen-bond donors (Lipinski definition) is 2. The highest BCUT2D eigenvalue weighted by atomic mass is 16.4. The van der Waals surface area contributed by atoms with E-state index in [1.807, 2.05) is 6.20 Å². The molecule has 3 rings (SSSR count). The van der Waals surface area contributed by atoms with Gasteiger partial charge in [-0.2, -0.15) is 0 Å². The zero-order chi connectivity index (χ0) is 11.8. The molecule has 17 heavy (non-hydrogen) atoms. The number of nitrogens with one attached hydrogen (secondary N) is 1. The summed E-state index contributed by atoms with van der Waals surface area (Å²) in [5, 5.41) is 8.90. The third-order valence-corrected chi connectivity index (χ3v) is 4.12. The van der Waals surface area contributed by atoms with Crippen LogP contribution in [-0.2, 0) is 4.79 Å². The number of hydrogen-bond acceptors (Lipinski definition) is 2. The van der Waals surface area contributed by atoms with Crippen molar-refractivity contribution in [1.82, 2.24) is 9.97 Å². The van der Waals surface area contributed by atoms with Gasteiger partial charge < -0.3 is 10.1 Å². The first kappa shape index (κ1) is 10.8. The first-order chi connectivity index (χ1) is 8.25. The average molecular weight is 234 g/mol. The predicted molar refractivity (Wildman–Crippen MR) is 62.9 cm³/mol. The van der Waals surface area contributed by atoms with Gasteiger partial charge in [-0.3, -0.25) is 4.79 Å². The summed E-state index contributed by atoms with van der Waals surface area (Å²) in [5.74, 6) is 0.737. The molecular weight excluding hydrogens is 216 g/mol. The van der Waals surface area contributed by atoms with E-state index in [-0.39, 0.29) is 11.8 Å². The molecule has 0 aliphatic heterocycles. The minimum absolute atomic E-state index is 0.129. The molecule has 1 heterocycles. The number of aromatic amines is 1. The lowest BCUT2D eigenvalue weighted by molar-refractivity contribution is -0.138. The van der Waals surface area contributed by atoms with Crippen LogP contribution in [0.2, 0.25) is 0 Å². The molecule has 0 saturated heterocycles. The SMILES string of the molecule is O=C(O)C1CC1c1ncc(C2CCCCC2)[nH]1. The Hall–Kier alpha value is -1.32. The minimum atomic E-state index is -0.689. The van der Waals surface area contributed by atoms with Crippen molar-refractivity contribution >= 4 is 5.97 Å². The molecule has 92 valence electrons.